The maximum Gasteiger partial charge on any atom is 0.279 e. The van der Waals surface area contributed by atoms with Crippen LogP contribution in [-0.4, -0.2) is 17.6 Å². The Morgan fingerprint density at radius 3 is 2.71 bits per heavy atom. The van der Waals surface area contributed by atoms with Gasteiger partial charge in [0.15, 0.2) is 6.54 Å². The molecule has 0 aliphatic carbocycles. The van der Waals surface area contributed by atoms with Crippen molar-refractivity contribution in [1.29, 1.82) is 0 Å². The molecule has 0 fully saturated rings. The molecule has 5 heteroatoms. The molecule has 14 heavy (non-hydrogen) atoms. The van der Waals surface area contributed by atoms with Crippen molar-refractivity contribution in [1.82, 2.24) is 0 Å². The number of aromatic hydroxyl groups is 1. The Morgan fingerprint density at radius 2 is 2.21 bits per heavy atom. The number of benzene rings is 1. The van der Waals surface area contributed by atoms with Crippen molar-refractivity contribution in [2.75, 3.05) is 11.9 Å². The van der Waals surface area contributed by atoms with E-state index < -0.39 is 0 Å². The lowest BCUT2D eigenvalue weighted by atomic mass is 10.2. The summed E-state index contributed by atoms with van der Waals surface area (Å²) in [6.07, 6.45) is 0. The van der Waals surface area contributed by atoms with Gasteiger partial charge in [-0.3, -0.25) is 4.79 Å². The van der Waals surface area contributed by atoms with Crippen molar-refractivity contribution < 1.29 is 28.0 Å². The number of aryl methyl sites for hydroxylation is 1. The van der Waals surface area contributed by atoms with E-state index in [-0.39, 0.29) is 30.6 Å². The van der Waals surface area contributed by atoms with E-state index in [9.17, 15) is 9.90 Å². The average Bonchev–Trinajstić information content (AvgIpc) is 2.11. The molecule has 0 atom stereocenters. The monoisotopic (exact) mass is 216 g/mol. The molecule has 1 rings (SSSR count). The predicted octanol–water partition coefficient (Wildman–Crippen LogP) is -3.11. The van der Waals surface area contributed by atoms with Gasteiger partial charge in [0.1, 0.15) is 5.75 Å². The molecule has 0 saturated heterocycles. The molecular formula is C9H13ClN2O2. The van der Waals surface area contributed by atoms with E-state index in [2.05, 4.69) is 11.1 Å². The highest BCUT2D eigenvalue weighted by atomic mass is 35.5. The molecule has 0 aliphatic heterocycles. The van der Waals surface area contributed by atoms with Gasteiger partial charge in [-0.15, -0.1) is 0 Å². The summed E-state index contributed by atoms with van der Waals surface area (Å²) < 4.78 is 0. The first-order valence-corrected chi connectivity index (χ1v) is 4.02. The molecule has 0 aliphatic rings. The van der Waals surface area contributed by atoms with Crippen LogP contribution in [0.4, 0.5) is 5.69 Å². The number of amides is 1. The lowest BCUT2D eigenvalue weighted by molar-refractivity contribution is -0.353. The maximum atomic E-state index is 10.9. The van der Waals surface area contributed by atoms with Crippen LogP contribution in [0.3, 0.4) is 0 Å². The van der Waals surface area contributed by atoms with Crippen molar-refractivity contribution >= 4 is 11.6 Å². The summed E-state index contributed by atoms with van der Waals surface area (Å²) in [6, 6.07) is 5.00. The SMILES string of the molecule is Cc1ccc(NC(=O)C[NH3+])cc1O.[Cl-]. The molecule has 0 saturated carbocycles. The molecule has 5 N–H and O–H groups in total. The summed E-state index contributed by atoms with van der Waals surface area (Å²) in [5, 5.41) is 11.9. The van der Waals surface area contributed by atoms with E-state index in [4.69, 9.17) is 0 Å². The topological polar surface area (TPSA) is 77.0 Å². The standard InChI is InChI=1S/C9H12N2O2.ClH/c1-6-2-3-7(4-8(6)12)11-9(13)5-10;/h2-4,12H,5,10H2,1H3,(H,11,13);1H. The molecule has 0 unspecified atom stereocenters. The molecule has 1 aromatic rings. The smallest absolute Gasteiger partial charge is 0.279 e. The number of anilines is 1. The molecule has 78 valence electrons. The second kappa shape index (κ2) is 5.47. The largest absolute Gasteiger partial charge is 1.00 e. The van der Waals surface area contributed by atoms with Gasteiger partial charge in [-0.1, -0.05) is 6.07 Å². The summed E-state index contributed by atoms with van der Waals surface area (Å²) in [4.78, 5) is 10.9. The Kier molecular flexibility index (Phi) is 4.97. The minimum Gasteiger partial charge on any atom is -1.00 e. The molecular weight excluding hydrogens is 204 g/mol. The second-order valence-electron chi connectivity index (χ2n) is 2.80. The van der Waals surface area contributed by atoms with Crippen LogP contribution in [0.15, 0.2) is 18.2 Å². The third-order valence-electron chi connectivity index (χ3n) is 1.72. The summed E-state index contributed by atoms with van der Waals surface area (Å²) in [5.41, 5.74) is 4.83. The maximum absolute atomic E-state index is 10.9. The Labute approximate surface area is 88.5 Å². The van der Waals surface area contributed by atoms with E-state index >= 15 is 0 Å². The third-order valence-corrected chi connectivity index (χ3v) is 1.72. The minimum absolute atomic E-state index is 0. The summed E-state index contributed by atoms with van der Waals surface area (Å²) in [6.45, 7) is 1.98. The fourth-order valence-electron chi connectivity index (χ4n) is 0.911. The summed E-state index contributed by atoms with van der Waals surface area (Å²) in [5.74, 6) is 0.0186. The third kappa shape index (κ3) is 3.24. The zero-order valence-electron chi connectivity index (χ0n) is 7.88. The fourth-order valence-corrected chi connectivity index (χ4v) is 0.911. The Bertz CT molecular complexity index is 329. The number of halogens is 1. The van der Waals surface area contributed by atoms with Crippen molar-refractivity contribution in [2.45, 2.75) is 6.92 Å². The number of phenols is 1. The summed E-state index contributed by atoms with van der Waals surface area (Å²) >= 11 is 0. The lowest BCUT2D eigenvalue weighted by Gasteiger charge is -2.04. The van der Waals surface area contributed by atoms with Crippen molar-refractivity contribution in [3.05, 3.63) is 23.8 Å². The molecule has 0 radical (unpaired) electrons. The number of rotatable bonds is 2. The van der Waals surface area contributed by atoms with Gasteiger partial charge in [0.25, 0.3) is 5.91 Å². The number of quaternary nitrogens is 1. The van der Waals surface area contributed by atoms with Crippen LogP contribution in [-0.2, 0) is 4.79 Å². The van der Waals surface area contributed by atoms with E-state index in [0.717, 1.165) is 5.56 Å². The zero-order valence-corrected chi connectivity index (χ0v) is 8.64. The van der Waals surface area contributed by atoms with Gasteiger partial charge >= 0.3 is 0 Å². The van der Waals surface area contributed by atoms with E-state index in [1.165, 1.54) is 6.07 Å². The molecule has 0 heterocycles. The van der Waals surface area contributed by atoms with Crippen LogP contribution in [0.1, 0.15) is 5.56 Å². The molecule has 4 nitrogen and oxygen atoms in total. The average molecular weight is 217 g/mol. The number of hydrogen-bond donors (Lipinski definition) is 3. The van der Waals surface area contributed by atoms with Gasteiger partial charge in [-0.2, -0.15) is 0 Å². The van der Waals surface area contributed by atoms with Crippen LogP contribution in [0, 0.1) is 6.92 Å². The van der Waals surface area contributed by atoms with Crippen LogP contribution in [0.5, 0.6) is 5.75 Å². The first kappa shape index (κ1) is 12.7. The van der Waals surface area contributed by atoms with Gasteiger partial charge < -0.3 is 28.6 Å². The van der Waals surface area contributed by atoms with Crippen LogP contribution in [0.25, 0.3) is 0 Å². The highest BCUT2D eigenvalue weighted by molar-refractivity contribution is 5.91. The van der Waals surface area contributed by atoms with Crippen LogP contribution < -0.4 is 23.5 Å². The highest BCUT2D eigenvalue weighted by Crippen LogP contribution is 2.20. The lowest BCUT2D eigenvalue weighted by Crippen LogP contribution is -3.00. The van der Waals surface area contributed by atoms with Crippen molar-refractivity contribution in [3.63, 3.8) is 0 Å². The molecule has 0 aromatic heterocycles. The van der Waals surface area contributed by atoms with Gasteiger partial charge in [0.05, 0.1) is 0 Å². The Hall–Kier alpha value is -1.26. The number of nitrogens with one attached hydrogen (secondary N) is 1. The molecule has 0 bridgehead atoms. The highest BCUT2D eigenvalue weighted by Gasteiger charge is 2.02. The van der Waals surface area contributed by atoms with Crippen molar-refractivity contribution in [2.24, 2.45) is 0 Å². The van der Waals surface area contributed by atoms with E-state index in [1.54, 1.807) is 19.1 Å². The molecule has 1 amide bonds. The van der Waals surface area contributed by atoms with Crippen molar-refractivity contribution in [3.8, 4) is 5.75 Å². The van der Waals surface area contributed by atoms with Gasteiger partial charge in [0.2, 0.25) is 0 Å². The minimum atomic E-state index is -0.164. The number of carbonyl (C=O) groups is 1. The zero-order chi connectivity index (χ0) is 9.84. The normalized spacial score (nSPS) is 9.00. The Morgan fingerprint density at radius 1 is 1.57 bits per heavy atom. The second-order valence-corrected chi connectivity index (χ2v) is 2.80. The summed E-state index contributed by atoms with van der Waals surface area (Å²) in [7, 11) is 0. The molecule has 1 aromatic carbocycles. The number of phenolic OH excluding ortho intramolecular Hbond substituents is 1. The first-order chi connectivity index (χ1) is 6.13. The van der Waals surface area contributed by atoms with Gasteiger partial charge in [0, 0.05) is 11.8 Å². The first-order valence-electron chi connectivity index (χ1n) is 4.02. The number of carbonyl (C=O) groups excluding carboxylic acids is 1. The number of hydrogen-bond acceptors (Lipinski definition) is 2. The quantitative estimate of drug-likeness (QED) is 0.490. The van der Waals surface area contributed by atoms with Crippen LogP contribution in [0.2, 0.25) is 0 Å². The molecule has 0 spiro atoms. The van der Waals surface area contributed by atoms with E-state index in [1.807, 2.05) is 0 Å². The van der Waals surface area contributed by atoms with Crippen LogP contribution >= 0.6 is 0 Å². The van der Waals surface area contributed by atoms with E-state index in [0.29, 0.717) is 5.69 Å². The Balaban J connectivity index is 0.00000169. The van der Waals surface area contributed by atoms with Gasteiger partial charge in [-0.05, 0) is 18.6 Å². The predicted molar refractivity (Wildman–Crippen MR) is 49.2 cm³/mol. The van der Waals surface area contributed by atoms with Gasteiger partial charge in [-0.25, -0.2) is 0 Å². The fraction of sp³-hybridized carbons (Fsp3) is 0.222.